The van der Waals surface area contributed by atoms with E-state index in [0.717, 1.165) is 28.1 Å². The quantitative estimate of drug-likeness (QED) is 0.267. The maximum atomic E-state index is 12.7. The van der Waals surface area contributed by atoms with Crippen LogP contribution in [0, 0.1) is 0 Å². The third kappa shape index (κ3) is 3.93. The van der Waals surface area contributed by atoms with E-state index < -0.39 is 4.99 Å². The van der Waals surface area contributed by atoms with E-state index in [1.165, 1.54) is 18.7 Å². The predicted octanol–water partition coefficient (Wildman–Crippen LogP) is 7.53. The molecular weight excluding hydrogens is 523 g/mol. The molecule has 4 aromatic rings. The minimum atomic E-state index is -1.04. The molecule has 0 saturated carbocycles. The molecule has 0 radical (unpaired) electrons. The van der Waals surface area contributed by atoms with Crippen LogP contribution in [0.4, 0.5) is 11.4 Å². The predicted molar refractivity (Wildman–Crippen MR) is 154 cm³/mol. The summed E-state index contributed by atoms with van der Waals surface area (Å²) in [6, 6.07) is 33.1. The number of hydrogen-bond acceptors (Lipinski definition) is 6. The largest absolute Gasteiger partial charge is 0.292 e. The van der Waals surface area contributed by atoms with Crippen molar-refractivity contribution in [3.05, 3.63) is 130 Å². The van der Waals surface area contributed by atoms with Crippen LogP contribution in [-0.2, 0) is 9.79 Å². The van der Waals surface area contributed by atoms with Crippen molar-refractivity contribution in [1.82, 2.24) is 0 Å². The molecule has 1 atom stereocenters. The van der Waals surface area contributed by atoms with Crippen molar-refractivity contribution in [3.8, 4) is 0 Å². The van der Waals surface area contributed by atoms with Crippen LogP contribution >= 0.6 is 35.0 Å². The normalized spacial score (nSPS) is 18.5. The number of hydrazone groups is 2. The summed E-state index contributed by atoms with van der Waals surface area (Å²) >= 11 is 14.3. The van der Waals surface area contributed by atoms with Gasteiger partial charge in [-0.25, -0.2) is 10.0 Å². The molecule has 182 valence electrons. The first-order valence-corrected chi connectivity index (χ1v) is 13.2. The maximum Gasteiger partial charge on any atom is 0.234 e. The number of para-hydroxylation sites is 2. The number of rotatable bonds is 4. The van der Waals surface area contributed by atoms with Crippen LogP contribution in [0.3, 0.4) is 0 Å². The Morgan fingerprint density at radius 3 is 2.19 bits per heavy atom. The lowest BCUT2D eigenvalue weighted by Gasteiger charge is -2.47. The average Bonchev–Trinajstić information content (AvgIpc) is 3.31. The summed E-state index contributed by atoms with van der Waals surface area (Å²) in [6.07, 6.45) is 0. The van der Waals surface area contributed by atoms with Gasteiger partial charge in [0.25, 0.3) is 0 Å². The number of thioether (sulfide) groups is 1. The number of fused-ring (bicyclic) bond motifs is 2. The van der Waals surface area contributed by atoms with E-state index in [-0.39, 0.29) is 5.78 Å². The molecule has 8 heteroatoms. The summed E-state index contributed by atoms with van der Waals surface area (Å²) in [6.45, 7) is 1.53. The SMILES string of the molecule is CC(=O)C1=NN(c2ccccc2Cl)[C@]2(S1)c1ccccc1C(c1ccc(Cl)cc1)=NN2c1ccccc1. The van der Waals surface area contributed by atoms with Crippen molar-refractivity contribution in [1.29, 1.82) is 0 Å². The molecule has 5 nitrogen and oxygen atoms in total. The number of carbonyl (C=O) groups is 1. The fourth-order valence-electron chi connectivity index (χ4n) is 4.57. The number of halogens is 2. The molecule has 0 bridgehead atoms. The Balaban J connectivity index is 1.68. The van der Waals surface area contributed by atoms with E-state index in [4.69, 9.17) is 33.4 Å². The molecule has 0 N–H and O–H groups in total. The van der Waals surface area contributed by atoms with Crippen molar-refractivity contribution in [2.75, 3.05) is 10.0 Å². The topological polar surface area (TPSA) is 48.3 Å². The van der Waals surface area contributed by atoms with E-state index in [2.05, 4.69) is 6.07 Å². The van der Waals surface area contributed by atoms with E-state index >= 15 is 0 Å². The zero-order valence-corrected chi connectivity index (χ0v) is 22.0. The van der Waals surface area contributed by atoms with Crippen LogP contribution in [-0.4, -0.2) is 16.5 Å². The van der Waals surface area contributed by atoms with Crippen molar-refractivity contribution in [2.24, 2.45) is 10.2 Å². The fraction of sp³-hybridized carbons (Fsp3) is 0.0690. The van der Waals surface area contributed by atoms with Gasteiger partial charge in [-0.15, -0.1) is 0 Å². The van der Waals surface area contributed by atoms with Gasteiger partial charge in [-0.1, -0.05) is 89.9 Å². The van der Waals surface area contributed by atoms with Gasteiger partial charge >= 0.3 is 0 Å². The number of ketones is 1. The number of Topliss-reactive ketones (excluding diaryl/α,β-unsaturated/α-hetero) is 1. The van der Waals surface area contributed by atoms with Gasteiger partial charge in [-0.05, 0) is 48.2 Å². The van der Waals surface area contributed by atoms with Crippen LogP contribution in [0.25, 0.3) is 0 Å². The van der Waals surface area contributed by atoms with Crippen molar-refractivity contribution in [3.63, 3.8) is 0 Å². The lowest BCUT2D eigenvalue weighted by Crippen LogP contribution is -2.54. The minimum absolute atomic E-state index is 0.128. The Kier molecular flexibility index (Phi) is 6.03. The van der Waals surface area contributed by atoms with Gasteiger partial charge < -0.3 is 0 Å². The fourth-order valence-corrected chi connectivity index (χ4v) is 6.20. The van der Waals surface area contributed by atoms with E-state index in [1.54, 1.807) is 0 Å². The minimum Gasteiger partial charge on any atom is -0.292 e. The summed E-state index contributed by atoms with van der Waals surface area (Å²) in [5.41, 5.74) is 5.09. The highest BCUT2D eigenvalue weighted by molar-refractivity contribution is 8.17. The number of carbonyl (C=O) groups excluding carboxylic acids is 1. The molecule has 1 spiro atoms. The highest BCUT2D eigenvalue weighted by Crippen LogP contribution is 2.55. The third-order valence-corrected chi connectivity index (χ3v) is 8.22. The van der Waals surface area contributed by atoms with E-state index in [0.29, 0.717) is 20.8 Å². The molecule has 37 heavy (non-hydrogen) atoms. The second-order valence-corrected chi connectivity index (χ2v) is 10.6. The number of hydrogen-bond donors (Lipinski definition) is 0. The Bertz CT molecular complexity index is 1570. The van der Waals surface area contributed by atoms with Crippen LogP contribution in [0.2, 0.25) is 10.0 Å². The van der Waals surface area contributed by atoms with Gasteiger partial charge in [-0.3, -0.25) is 4.79 Å². The zero-order chi connectivity index (χ0) is 25.6. The van der Waals surface area contributed by atoms with Crippen molar-refractivity contribution >= 4 is 62.9 Å². The molecule has 0 aliphatic carbocycles. The number of benzene rings is 4. The van der Waals surface area contributed by atoms with Crippen LogP contribution in [0.5, 0.6) is 0 Å². The van der Waals surface area contributed by atoms with E-state index in [9.17, 15) is 4.79 Å². The molecule has 0 aromatic heterocycles. The molecule has 2 aliphatic rings. The molecule has 6 rings (SSSR count). The Morgan fingerprint density at radius 2 is 1.46 bits per heavy atom. The van der Waals surface area contributed by atoms with Crippen LogP contribution in [0.1, 0.15) is 23.6 Å². The number of nitrogens with zero attached hydrogens (tertiary/aromatic N) is 4. The first-order valence-electron chi connectivity index (χ1n) is 11.6. The highest BCUT2D eigenvalue weighted by Gasteiger charge is 2.56. The van der Waals surface area contributed by atoms with Crippen LogP contribution < -0.4 is 10.0 Å². The third-order valence-electron chi connectivity index (χ3n) is 6.24. The van der Waals surface area contributed by atoms with Gasteiger partial charge in [0, 0.05) is 28.6 Å². The summed E-state index contributed by atoms with van der Waals surface area (Å²) in [4.78, 5) is 11.7. The van der Waals surface area contributed by atoms with Gasteiger partial charge in [0.15, 0.2) is 10.8 Å². The Labute approximate surface area is 229 Å². The first kappa shape index (κ1) is 23.8. The zero-order valence-electron chi connectivity index (χ0n) is 19.7. The summed E-state index contributed by atoms with van der Waals surface area (Å²) in [5, 5.41) is 15.4. The summed E-state index contributed by atoms with van der Waals surface area (Å²) in [7, 11) is 0. The van der Waals surface area contributed by atoms with Gasteiger partial charge in [-0.2, -0.15) is 10.2 Å². The Hall–Kier alpha value is -3.58. The monoisotopic (exact) mass is 542 g/mol. The molecule has 0 unspecified atom stereocenters. The molecular formula is C29H20Cl2N4OS. The lowest BCUT2D eigenvalue weighted by atomic mass is 9.93. The average molecular weight is 543 g/mol. The smallest absolute Gasteiger partial charge is 0.234 e. The summed E-state index contributed by atoms with van der Waals surface area (Å²) < 4.78 is 0. The lowest BCUT2D eigenvalue weighted by molar-refractivity contribution is -0.110. The second-order valence-electron chi connectivity index (χ2n) is 8.58. The van der Waals surface area contributed by atoms with Gasteiger partial charge in [0.2, 0.25) is 4.99 Å². The highest BCUT2D eigenvalue weighted by atomic mass is 35.5. The molecule has 2 aliphatic heterocycles. The molecule has 2 heterocycles. The second kappa shape index (κ2) is 9.38. The first-order chi connectivity index (χ1) is 18.0. The molecule has 4 aromatic carbocycles. The summed E-state index contributed by atoms with van der Waals surface area (Å²) in [5.74, 6) is -0.128. The molecule has 0 saturated heterocycles. The van der Waals surface area contributed by atoms with Crippen LogP contribution in [0.15, 0.2) is 113 Å². The van der Waals surface area contributed by atoms with Crippen molar-refractivity contribution in [2.45, 2.75) is 11.9 Å². The standard InChI is InChI=1S/C29H20Cl2N4OS/c1-19(36)28-33-35(26-14-8-7-13-25(26)31)29(37-28)24-12-6-5-11-23(24)27(20-15-17-21(30)18-16-20)32-34(29)22-9-3-2-4-10-22/h2-18H,1H3/t29-/m0/s1. The van der Waals surface area contributed by atoms with Gasteiger partial charge in [0.1, 0.15) is 0 Å². The molecule has 0 fully saturated rings. The van der Waals surface area contributed by atoms with E-state index in [1.807, 2.05) is 107 Å². The maximum absolute atomic E-state index is 12.7. The van der Waals surface area contributed by atoms with Crippen molar-refractivity contribution < 1.29 is 4.79 Å². The number of anilines is 2. The molecule has 0 amide bonds. The van der Waals surface area contributed by atoms with Gasteiger partial charge in [0.05, 0.1) is 22.1 Å². The Morgan fingerprint density at radius 1 is 0.784 bits per heavy atom.